The van der Waals surface area contributed by atoms with Crippen LogP contribution in [-0.2, 0) is 20.7 Å². The van der Waals surface area contributed by atoms with Gasteiger partial charge in [0.15, 0.2) is 0 Å². The second-order valence-corrected chi connectivity index (χ2v) is 6.70. The van der Waals surface area contributed by atoms with E-state index < -0.39 is 5.97 Å². The van der Waals surface area contributed by atoms with Gasteiger partial charge in [0.05, 0.1) is 12.2 Å². The molecule has 0 atom stereocenters. The van der Waals surface area contributed by atoms with E-state index >= 15 is 0 Å². The first-order valence-corrected chi connectivity index (χ1v) is 9.81. The molecule has 29 heavy (non-hydrogen) atoms. The standard InChI is InChI=1S/C23H28N2O4/c1-5-18-9-7-8-16(3)22(18)25(17(4)26)15-14-21(27)24-20-12-10-19(11-13-20)23(28)29-6-2/h7-13H,5-6,14-15H2,1-4H3,(H,24,27). The van der Waals surface area contributed by atoms with Crippen molar-refractivity contribution >= 4 is 29.2 Å². The van der Waals surface area contributed by atoms with Crippen molar-refractivity contribution in [2.24, 2.45) is 0 Å². The second kappa shape index (κ2) is 10.4. The minimum atomic E-state index is -0.396. The number of aryl methyl sites for hydroxylation is 2. The predicted octanol–water partition coefficient (Wildman–Crippen LogP) is 4.12. The summed E-state index contributed by atoms with van der Waals surface area (Å²) >= 11 is 0. The normalized spacial score (nSPS) is 10.3. The summed E-state index contributed by atoms with van der Waals surface area (Å²) in [6.07, 6.45) is 0.969. The quantitative estimate of drug-likeness (QED) is 0.681. The number of nitrogens with one attached hydrogen (secondary N) is 1. The molecule has 2 amide bonds. The molecular formula is C23H28N2O4. The molecule has 0 radical (unpaired) electrons. The average molecular weight is 396 g/mol. The highest BCUT2D eigenvalue weighted by Gasteiger charge is 2.18. The molecule has 0 aromatic heterocycles. The molecule has 6 nitrogen and oxygen atoms in total. The Hall–Kier alpha value is -3.15. The highest BCUT2D eigenvalue weighted by molar-refractivity contribution is 5.96. The van der Waals surface area contributed by atoms with Crippen LogP contribution in [-0.4, -0.2) is 30.9 Å². The third-order valence-electron chi connectivity index (χ3n) is 4.59. The third-order valence-corrected chi connectivity index (χ3v) is 4.59. The van der Waals surface area contributed by atoms with Crippen molar-refractivity contribution in [1.29, 1.82) is 0 Å². The zero-order valence-electron chi connectivity index (χ0n) is 17.5. The number of hydrogen-bond acceptors (Lipinski definition) is 4. The van der Waals surface area contributed by atoms with E-state index in [0.717, 1.165) is 23.2 Å². The molecule has 0 unspecified atom stereocenters. The van der Waals surface area contributed by atoms with Gasteiger partial charge in [-0.15, -0.1) is 0 Å². The molecule has 0 aliphatic heterocycles. The van der Waals surface area contributed by atoms with Gasteiger partial charge in [-0.2, -0.15) is 0 Å². The number of nitrogens with zero attached hydrogens (tertiary/aromatic N) is 1. The van der Waals surface area contributed by atoms with Gasteiger partial charge < -0.3 is 15.0 Å². The minimum Gasteiger partial charge on any atom is -0.462 e. The van der Waals surface area contributed by atoms with Crippen molar-refractivity contribution < 1.29 is 19.1 Å². The largest absolute Gasteiger partial charge is 0.462 e. The molecule has 0 bridgehead atoms. The van der Waals surface area contributed by atoms with Crippen LogP contribution in [0.2, 0.25) is 0 Å². The van der Waals surface area contributed by atoms with Gasteiger partial charge in [0.2, 0.25) is 11.8 Å². The fourth-order valence-corrected chi connectivity index (χ4v) is 3.16. The van der Waals surface area contributed by atoms with Gasteiger partial charge in [0.25, 0.3) is 0 Å². The summed E-state index contributed by atoms with van der Waals surface area (Å²) in [6, 6.07) is 12.5. The fraction of sp³-hybridized carbons (Fsp3) is 0.348. The van der Waals surface area contributed by atoms with Gasteiger partial charge in [0.1, 0.15) is 0 Å². The monoisotopic (exact) mass is 396 g/mol. The molecule has 0 fully saturated rings. The van der Waals surface area contributed by atoms with Gasteiger partial charge in [-0.05, 0) is 55.7 Å². The van der Waals surface area contributed by atoms with Gasteiger partial charge in [-0.1, -0.05) is 25.1 Å². The lowest BCUT2D eigenvalue weighted by Gasteiger charge is -2.25. The first kappa shape index (κ1) is 22.1. The molecular weight excluding hydrogens is 368 g/mol. The van der Waals surface area contributed by atoms with E-state index in [1.165, 1.54) is 6.92 Å². The molecule has 2 rings (SSSR count). The van der Waals surface area contributed by atoms with Crippen molar-refractivity contribution in [2.75, 3.05) is 23.4 Å². The van der Waals surface area contributed by atoms with E-state index in [-0.39, 0.29) is 18.2 Å². The van der Waals surface area contributed by atoms with Crippen LogP contribution in [0.15, 0.2) is 42.5 Å². The van der Waals surface area contributed by atoms with Crippen LogP contribution in [0.4, 0.5) is 11.4 Å². The molecule has 6 heteroatoms. The van der Waals surface area contributed by atoms with Crippen molar-refractivity contribution in [3.8, 4) is 0 Å². The second-order valence-electron chi connectivity index (χ2n) is 6.70. The lowest BCUT2D eigenvalue weighted by molar-refractivity contribution is -0.117. The zero-order valence-corrected chi connectivity index (χ0v) is 17.5. The van der Waals surface area contributed by atoms with E-state index in [1.54, 1.807) is 36.1 Å². The summed E-state index contributed by atoms with van der Waals surface area (Å²) < 4.78 is 4.94. The molecule has 0 heterocycles. The van der Waals surface area contributed by atoms with Crippen LogP contribution in [0, 0.1) is 6.92 Å². The number of hydrogen-bond donors (Lipinski definition) is 1. The first-order valence-electron chi connectivity index (χ1n) is 9.81. The maximum Gasteiger partial charge on any atom is 0.338 e. The number of para-hydroxylation sites is 1. The Morgan fingerprint density at radius 3 is 2.31 bits per heavy atom. The number of carbonyl (C=O) groups excluding carboxylic acids is 3. The smallest absolute Gasteiger partial charge is 0.338 e. The van der Waals surface area contributed by atoms with Crippen LogP contribution in [0.25, 0.3) is 0 Å². The molecule has 2 aromatic carbocycles. The SMILES string of the molecule is CCOC(=O)c1ccc(NC(=O)CCN(C(C)=O)c2c(C)cccc2CC)cc1. The number of anilines is 2. The van der Waals surface area contributed by atoms with Crippen molar-refractivity contribution in [2.45, 2.75) is 40.5 Å². The first-order chi connectivity index (χ1) is 13.9. The Labute approximate surface area is 171 Å². The van der Waals surface area contributed by atoms with Gasteiger partial charge in [-0.3, -0.25) is 9.59 Å². The lowest BCUT2D eigenvalue weighted by Crippen LogP contribution is -2.33. The summed E-state index contributed by atoms with van der Waals surface area (Å²) in [6.45, 7) is 7.87. The Morgan fingerprint density at radius 2 is 1.72 bits per heavy atom. The zero-order chi connectivity index (χ0) is 21.4. The Kier molecular flexibility index (Phi) is 7.95. The highest BCUT2D eigenvalue weighted by Crippen LogP contribution is 2.26. The lowest BCUT2D eigenvalue weighted by atomic mass is 10.0. The predicted molar refractivity (Wildman–Crippen MR) is 114 cm³/mol. The van der Waals surface area contributed by atoms with Gasteiger partial charge in [0, 0.05) is 31.3 Å². The topological polar surface area (TPSA) is 75.7 Å². The van der Waals surface area contributed by atoms with E-state index in [4.69, 9.17) is 4.74 Å². The average Bonchev–Trinajstić information content (AvgIpc) is 2.69. The van der Waals surface area contributed by atoms with Crippen LogP contribution < -0.4 is 10.2 Å². The Bertz CT molecular complexity index is 875. The molecule has 0 saturated carbocycles. The molecule has 0 saturated heterocycles. The number of ether oxygens (including phenoxy) is 1. The van der Waals surface area contributed by atoms with Crippen molar-refractivity contribution in [1.82, 2.24) is 0 Å². The Balaban J connectivity index is 2.03. The summed E-state index contributed by atoms with van der Waals surface area (Å²) in [5.74, 6) is -0.695. The van der Waals surface area contributed by atoms with Crippen molar-refractivity contribution in [3.63, 3.8) is 0 Å². The van der Waals surface area contributed by atoms with Gasteiger partial charge >= 0.3 is 5.97 Å². The van der Waals surface area contributed by atoms with Crippen molar-refractivity contribution in [3.05, 3.63) is 59.2 Å². The molecule has 1 N–H and O–H groups in total. The summed E-state index contributed by atoms with van der Waals surface area (Å²) in [5.41, 5.74) is 3.99. The molecule has 0 aliphatic rings. The van der Waals surface area contributed by atoms with Crippen LogP contribution >= 0.6 is 0 Å². The molecule has 154 valence electrons. The van der Waals surface area contributed by atoms with Gasteiger partial charge in [-0.25, -0.2) is 4.79 Å². The molecule has 0 aliphatic carbocycles. The van der Waals surface area contributed by atoms with E-state index in [9.17, 15) is 14.4 Å². The van der Waals surface area contributed by atoms with Crippen LogP contribution in [0.1, 0.15) is 48.7 Å². The maximum atomic E-state index is 12.4. The number of benzene rings is 2. The number of carbonyl (C=O) groups is 3. The maximum absolute atomic E-state index is 12.4. The number of esters is 1. The number of amides is 2. The third kappa shape index (κ3) is 5.91. The molecule has 0 spiro atoms. The summed E-state index contributed by atoms with van der Waals surface area (Å²) in [5, 5.41) is 2.80. The Morgan fingerprint density at radius 1 is 1.03 bits per heavy atom. The van der Waals surface area contributed by atoms with Crippen LogP contribution in [0.3, 0.4) is 0 Å². The minimum absolute atomic E-state index is 0.0967. The summed E-state index contributed by atoms with van der Waals surface area (Å²) in [4.78, 5) is 38.0. The van der Waals surface area contributed by atoms with Crippen LogP contribution in [0.5, 0.6) is 0 Å². The van der Waals surface area contributed by atoms with E-state index in [0.29, 0.717) is 24.4 Å². The molecule has 2 aromatic rings. The van der Waals surface area contributed by atoms with E-state index in [2.05, 4.69) is 5.32 Å². The van der Waals surface area contributed by atoms with E-state index in [1.807, 2.05) is 32.0 Å². The summed E-state index contributed by atoms with van der Waals surface area (Å²) in [7, 11) is 0. The highest BCUT2D eigenvalue weighted by atomic mass is 16.5. The number of rotatable bonds is 8. The fourth-order valence-electron chi connectivity index (χ4n) is 3.16.